The molecule has 140 valence electrons. The number of carbonyl (C=O) groups excluding carboxylic acids is 1. The first kappa shape index (κ1) is 19.8. The Morgan fingerprint density at radius 3 is 2.27 bits per heavy atom. The molecule has 2 aromatic rings. The summed E-state index contributed by atoms with van der Waals surface area (Å²) in [5.41, 5.74) is 2.13. The van der Waals surface area contributed by atoms with Crippen molar-refractivity contribution in [3.8, 4) is 11.5 Å². The molecule has 0 unspecified atom stereocenters. The van der Waals surface area contributed by atoms with E-state index in [0.29, 0.717) is 12.5 Å². The molecular weight excluding hydrogens is 326 g/mol. The molecule has 2 atom stereocenters. The van der Waals surface area contributed by atoms with Crippen LogP contribution in [0.25, 0.3) is 0 Å². The number of rotatable bonds is 8. The first-order valence-corrected chi connectivity index (χ1v) is 9.21. The summed E-state index contributed by atoms with van der Waals surface area (Å²) in [5, 5.41) is 3.01. The number of para-hydroxylation sites is 1. The number of benzene rings is 2. The molecule has 1 N–H and O–H groups in total. The van der Waals surface area contributed by atoms with E-state index in [0.717, 1.165) is 22.6 Å². The zero-order valence-electron chi connectivity index (χ0n) is 16.3. The van der Waals surface area contributed by atoms with Crippen molar-refractivity contribution in [2.75, 3.05) is 6.61 Å². The zero-order chi connectivity index (χ0) is 19.1. The molecule has 1 amide bonds. The molecule has 0 heterocycles. The van der Waals surface area contributed by atoms with Gasteiger partial charge in [0.15, 0.2) is 6.10 Å². The molecule has 26 heavy (non-hydrogen) atoms. The summed E-state index contributed by atoms with van der Waals surface area (Å²) in [6, 6.07) is 15.5. The first-order valence-electron chi connectivity index (χ1n) is 9.21. The van der Waals surface area contributed by atoms with E-state index in [1.165, 1.54) is 0 Å². The van der Waals surface area contributed by atoms with Crippen molar-refractivity contribution in [2.24, 2.45) is 0 Å². The third kappa shape index (κ3) is 5.25. The predicted molar refractivity (Wildman–Crippen MR) is 105 cm³/mol. The fourth-order valence-corrected chi connectivity index (χ4v) is 2.74. The van der Waals surface area contributed by atoms with Gasteiger partial charge in [-0.05, 0) is 56.0 Å². The Bertz CT molecular complexity index is 710. The van der Waals surface area contributed by atoms with Crippen LogP contribution >= 0.6 is 0 Å². The van der Waals surface area contributed by atoms with Gasteiger partial charge in [0.2, 0.25) is 0 Å². The molecule has 0 bridgehead atoms. The van der Waals surface area contributed by atoms with Gasteiger partial charge in [0.25, 0.3) is 5.91 Å². The van der Waals surface area contributed by atoms with Crippen LogP contribution in [0.3, 0.4) is 0 Å². The molecule has 0 aromatic heterocycles. The number of hydrogen-bond acceptors (Lipinski definition) is 3. The van der Waals surface area contributed by atoms with Crippen LogP contribution < -0.4 is 14.8 Å². The molecule has 0 radical (unpaired) electrons. The Labute approximate surface area is 156 Å². The van der Waals surface area contributed by atoms with Gasteiger partial charge in [-0.1, -0.05) is 44.2 Å². The Morgan fingerprint density at radius 1 is 1.00 bits per heavy atom. The van der Waals surface area contributed by atoms with Crippen molar-refractivity contribution in [1.82, 2.24) is 5.32 Å². The van der Waals surface area contributed by atoms with E-state index in [4.69, 9.17) is 9.47 Å². The Kier molecular flexibility index (Phi) is 7.07. The van der Waals surface area contributed by atoms with Crippen LogP contribution in [-0.4, -0.2) is 18.6 Å². The SMILES string of the molecule is CCOc1ccc([C@H](C)NC(=O)[C@H](C)Oc2ccccc2C(C)C)cc1. The average Bonchev–Trinajstić information content (AvgIpc) is 2.62. The van der Waals surface area contributed by atoms with Gasteiger partial charge in [-0.15, -0.1) is 0 Å². The fourth-order valence-electron chi connectivity index (χ4n) is 2.74. The highest BCUT2D eigenvalue weighted by Gasteiger charge is 2.19. The quantitative estimate of drug-likeness (QED) is 0.736. The van der Waals surface area contributed by atoms with Gasteiger partial charge in [0.05, 0.1) is 12.6 Å². The van der Waals surface area contributed by atoms with Crippen molar-refractivity contribution in [3.63, 3.8) is 0 Å². The van der Waals surface area contributed by atoms with Gasteiger partial charge in [0.1, 0.15) is 11.5 Å². The van der Waals surface area contributed by atoms with Crippen molar-refractivity contribution < 1.29 is 14.3 Å². The fraction of sp³-hybridized carbons (Fsp3) is 0.409. The molecule has 0 aliphatic carbocycles. The van der Waals surface area contributed by atoms with Crippen molar-refractivity contribution >= 4 is 5.91 Å². The maximum absolute atomic E-state index is 12.5. The van der Waals surface area contributed by atoms with E-state index >= 15 is 0 Å². The first-order chi connectivity index (χ1) is 12.4. The minimum absolute atomic E-state index is 0.107. The number of amides is 1. The second kappa shape index (κ2) is 9.27. The van der Waals surface area contributed by atoms with Crippen LogP contribution in [0.4, 0.5) is 0 Å². The molecule has 0 spiro atoms. The Hall–Kier alpha value is -2.49. The number of nitrogens with one attached hydrogen (secondary N) is 1. The molecule has 2 rings (SSSR count). The lowest BCUT2D eigenvalue weighted by Crippen LogP contribution is -2.37. The lowest BCUT2D eigenvalue weighted by atomic mass is 10.0. The smallest absolute Gasteiger partial charge is 0.261 e. The van der Waals surface area contributed by atoms with E-state index in [2.05, 4.69) is 19.2 Å². The summed E-state index contributed by atoms with van der Waals surface area (Å²) < 4.78 is 11.4. The van der Waals surface area contributed by atoms with Gasteiger partial charge in [0, 0.05) is 0 Å². The van der Waals surface area contributed by atoms with Crippen molar-refractivity contribution in [1.29, 1.82) is 0 Å². The minimum atomic E-state index is -0.569. The summed E-state index contributed by atoms with van der Waals surface area (Å²) in [5.74, 6) is 1.80. The molecular formula is C22H29NO3. The lowest BCUT2D eigenvalue weighted by molar-refractivity contribution is -0.127. The Balaban J connectivity index is 1.98. The molecule has 4 heteroatoms. The van der Waals surface area contributed by atoms with E-state index in [1.54, 1.807) is 6.92 Å². The van der Waals surface area contributed by atoms with Gasteiger partial charge in [-0.25, -0.2) is 0 Å². The van der Waals surface area contributed by atoms with E-state index < -0.39 is 6.10 Å². The van der Waals surface area contributed by atoms with E-state index in [1.807, 2.05) is 62.4 Å². The van der Waals surface area contributed by atoms with Crippen molar-refractivity contribution in [2.45, 2.75) is 52.7 Å². The molecule has 0 aliphatic rings. The topological polar surface area (TPSA) is 47.6 Å². The highest BCUT2D eigenvalue weighted by Crippen LogP contribution is 2.27. The monoisotopic (exact) mass is 355 g/mol. The molecule has 4 nitrogen and oxygen atoms in total. The molecule has 0 fully saturated rings. The predicted octanol–water partition coefficient (Wildman–Crippen LogP) is 4.85. The molecule has 0 saturated carbocycles. The van der Waals surface area contributed by atoms with Crippen LogP contribution in [0.15, 0.2) is 48.5 Å². The number of hydrogen-bond donors (Lipinski definition) is 1. The lowest BCUT2D eigenvalue weighted by Gasteiger charge is -2.21. The third-order valence-corrected chi connectivity index (χ3v) is 4.26. The van der Waals surface area contributed by atoms with Crippen molar-refractivity contribution in [3.05, 3.63) is 59.7 Å². The number of ether oxygens (including phenoxy) is 2. The molecule has 0 aliphatic heterocycles. The average molecular weight is 355 g/mol. The van der Waals surface area contributed by atoms with Crippen LogP contribution in [0.1, 0.15) is 57.7 Å². The normalized spacial score (nSPS) is 13.2. The maximum Gasteiger partial charge on any atom is 0.261 e. The van der Waals surface area contributed by atoms with E-state index in [-0.39, 0.29) is 11.9 Å². The summed E-state index contributed by atoms with van der Waals surface area (Å²) in [6.07, 6.45) is -0.569. The highest BCUT2D eigenvalue weighted by atomic mass is 16.5. The summed E-state index contributed by atoms with van der Waals surface area (Å²) >= 11 is 0. The Morgan fingerprint density at radius 2 is 1.65 bits per heavy atom. The summed E-state index contributed by atoms with van der Waals surface area (Å²) in [4.78, 5) is 12.5. The molecule has 0 saturated heterocycles. The zero-order valence-corrected chi connectivity index (χ0v) is 16.3. The van der Waals surface area contributed by atoms with Gasteiger partial charge < -0.3 is 14.8 Å². The van der Waals surface area contributed by atoms with Crippen LogP contribution in [0.5, 0.6) is 11.5 Å². The summed E-state index contributed by atoms with van der Waals surface area (Å²) in [6.45, 7) is 10.6. The van der Waals surface area contributed by atoms with Crippen LogP contribution in [0.2, 0.25) is 0 Å². The number of carbonyl (C=O) groups is 1. The largest absolute Gasteiger partial charge is 0.494 e. The minimum Gasteiger partial charge on any atom is -0.494 e. The van der Waals surface area contributed by atoms with Gasteiger partial charge in [-0.3, -0.25) is 4.79 Å². The van der Waals surface area contributed by atoms with Crippen LogP contribution in [0, 0.1) is 0 Å². The second-order valence-electron chi connectivity index (χ2n) is 6.68. The van der Waals surface area contributed by atoms with Gasteiger partial charge >= 0.3 is 0 Å². The summed E-state index contributed by atoms with van der Waals surface area (Å²) in [7, 11) is 0. The molecule has 2 aromatic carbocycles. The van der Waals surface area contributed by atoms with Gasteiger partial charge in [-0.2, -0.15) is 0 Å². The maximum atomic E-state index is 12.5. The standard InChI is InChI=1S/C22H29NO3/c1-6-25-19-13-11-18(12-14-19)16(4)23-22(24)17(5)26-21-10-8-7-9-20(21)15(2)3/h7-17H,6H2,1-5H3,(H,23,24)/t16-,17-/m0/s1. The highest BCUT2D eigenvalue weighted by molar-refractivity contribution is 5.81. The third-order valence-electron chi connectivity index (χ3n) is 4.26. The van der Waals surface area contributed by atoms with Crippen LogP contribution in [-0.2, 0) is 4.79 Å². The van der Waals surface area contributed by atoms with E-state index in [9.17, 15) is 4.79 Å². The second-order valence-corrected chi connectivity index (χ2v) is 6.68.